The number of likely N-dealkylation sites (N-methyl/N-ethyl adjacent to an activating group) is 2. The summed E-state index contributed by atoms with van der Waals surface area (Å²) in [6.07, 6.45) is -13.4. The molecule has 0 spiro atoms. The van der Waals surface area contributed by atoms with E-state index in [1.54, 1.807) is 20.8 Å². The van der Waals surface area contributed by atoms with Crippen LogP contribution in [0.15, 0.2) is 33.6 Å². The van der Waals surface area contributed by atoms with E-state index in [9.17, 15) is 49.5 Å². The molecule has 4 heterocycles. The molecule has 46 heavy (non-hydrogen) atoms. The van der Waals surface area contributed by atoms with E-state index in [4.69, 9.17) is 18.9 Å². The number of carbonyl (C=O) groups excluding carboxylic acids is 2. The van der Waals surface area contributed by atoms with Gasteiger partial charge in [-0.3, -0.25) is 24.0 Å². The molecule has 3 aliphatic heterocycles. The van der Waals surface area contributed by atoms with Gasteiger partial charge in [0.25, 0.3) is 5.56 Å². The summed E-state index contributed by atoms with van der Waals surface area (Å²) in [5.74, 6) is -2.24. The molecule has 1 aromatic rings. The number of rotatable bonds is 8. The maximum absolute atomic E-state index is 13.8. The van der Waals surface area contributed by atoms with Crippen molar-refractivity contribution in [2.75, 3.05) is 27.2 Å². The largest absolute Gasteiger partial charge is 0.477 e. The Labute approximate surface area is 261 Å². The van der Waals surface area contributed by atoms with E-state index in [2.05, 4.69) is 5.32 Å². The lowest BCUT2D eigenvalue weighted by Crippen LogP contribution is -2.59. The number of aliphatic hydroxyl groups is 4. The lowest BCUT2D eigenvalue weighted by Gasteiger charge is -2.38. The van der Waals surface area contributed by atoms with Gasteiger partial charge < -0.3 is 54.7 Å². The van der Waals surface area contributed by atoms with Crippen LogP contribution in [0.1, 0.15) is 27.0 Å². The molecule has 0 aromatic carbocycles. The number of ether oxygens (including phenoxy) is 4. The average molecular weight is 658 g/mol. The molecule has 0 bridgehead atoms. The maximum Gasteiger partial charge on any atom is 0.407 e. The van der Waals surface area contributed by atoms with Gasteiger partial charge in [0.15, 0.2) is 12.5 Å². The Morgan fingerprint density at radius 3 is 2.35 bits per heavy atom. The second-order valence-corrected chi connectivity index (χ2v) is 12.2. The van der Waals surface area contributed by atoms with E-state index in [1.165, 1.54) is 25.1 Å². The highest BCUT2D eigenvalue weighted by molar-refractivity contribution is 5.95. The number of aromatic nitrogens is 2. The molecule has 0 aliphatic carbocycles. The minimum atomic E-state index is -1.84. The Morgan fingerprint density at radius 2 is 1.74 bits per heavy atom. The van der Waals surface area contributed by atoms with Crippen molar-refractivity contribution in [1.29, 1.82) is 0 Å². The standard InChI is InChI=1S/C27H39N5O14/c1-27(2,3)46-26(42)28-10-12-15(34)18(37)24(43-12)45-19(14-21(38)31(5)11(23(39)40)6-8-30(14)4)20-16(35)17(36)22(44-20)32-9-7-13(33)29-25(32)41/h6-7,9,12,14-20,22,24,34-37H,8,10H2,1-5H3,(H,28,42)(H,39,40)(H,29,33,41)/t12-,14+,15-,16+,17-,18-,19+,20+,22-,24+/m1/s1. The molecule has 0 saturated carbocycles. The number of hydrogen-bond acceptors (Lipinski definition) is 14. The van der Waals surface area contributed by atoms with Crippen molar-refractivity contribution >= 4 is 18.0 Å². The predicted molar refractivity (Wildman–Crippen MR) is 152 cm³/mol. The molecule has 256 valence electrons. The van der Waals surface area contributed by atoms with Crippen LogP contribution >= 0.6 is 0 Å². The topological polar surface area (TPSA) is 263 Å². The molecule has 10 atom stereocenters. The summed E-state index contributed by atoms with van der Waals surface area (Å²) < 4.78 is 23.6. The van der Waals surface area contributed by atoms with Crippen LogP contribution in [0.25, 0.3) is 0 Å². The first kappa shape index (κ1) is 35.2. The third kappa shape index (κ3) is 7.31. The number of aliphatic carboxylic acids is 1. The SMILES string of the molecule is CN1C(=O)[C@H]([C@H](O[C@@H]2O[C@H](CNC(=O)OC(C)(C)C)[C@@H](O)[C@H]2O)[C@H]2O[C@@H](n3ccc(=O)[nH]c3=O)[C@H](O)[C@@H]2O)N(C)CC=C1C(=O)O. The van der Waals surface area contributed by atoms with Crippen LogP contribution in [0, 0.1) is 0 Å². The molecule has 19 nitrogen and oxygen atoms in total. The Balaban J connectivity index is 1.65. The number of H-pyrrole nitrogens is 1. The average Bonchev–Trinajstić information content (AvgIpc) is 3.35. The first-order valence-corrected chi connectivity index (χ1v) is 14.3. The fraction of sp³-hybridized carbons (Fsp3) is 0.667. The van der Waals surface area contributed by atoms with Crippen LogP contribution in [0.3, 0.4) is 0 Å². The normalized spacial score (nSPS) is 33.0. The minimum absolute atomic E-state index is 0.116. The Morgan fingerprint density at radius 1 is 1.07 bits per heavy atom. The van der Waals surface area contributed by atoms with Gasteiger partial charge in [-0.05, 0) is 33.9 Å². The molecule has 0 unspecified atom stereocenters. The minimum Gasteiger partial charge on any atom is -0.477 e. The van der Waals surface area contributed by atoms with E-state index in [1.807, 2.05) is 4.98 Å². The lowest BCUT2D eigenvalue weighted by atomic mass is 9.97. The molecule has 3 aliphatic rings. The van der Waals surface area contributed by atoms with Gasteiger partial charge in [0.05, 0.1) is 0 Å². The summed E-state index contributed by atoms with van der Waals surface area (Å²) in [6, 6.07) is -0.472. The quantitative estimate of drug-likeness (QED) is 0.142. The molecule has 2 saturated heterocycles. The number of alkyl carbamates (subject to hydrolysis) is 1. The molecule has 4 rings (SSSR count). The summed E-state index contributed by atoms with van der Waals surface area (Å²) in [7, 11) is 2.65. The summed E-state index contributed by atoms with van der Waals surface area (Å²) in [5.41, 5.74) is -2.88. The molecular formula is C27H39N5O14. The Bertz CT molecular complexity index is 1450. The Hall–Kier alpha value is -3.69. The summed E-state index contributed by atoms with van der Waals surface area (Å²) in [5, 5.41) is 55.7. The van der Waals surface area contributed by atoms with Gasteiger partial charge in [0.1, 0.15) is 60.1 Å². The molecular weight excluding hydrogens is 618 g/mol. The van der Waals surface area contributed by atoms with Gasteiger partial charge in [0.2, 0.25) is 5.91 Å². The molecule has 2 fully saturated rings. The lowest BCUT2D eigenvalue weighted by molar-refractivity contribution is -0.233. The number of carboxylic acid groups (broad SMARTS) is 1. The number of aliphatic hydroxyl groups excluding tert-OH is 4. The zero-order chi connectivity index (χ0) is 34.2. The van der Waals surface area contributed by atoms with Crippen LogP contribution in [0.5, 0.6) is 0 Å². The zero-order valence-corrected chi connectivity index (χ0v) is 25.7. The van der Waals surface area contributed by atoms with Crippen LogP contribution < -0.4 is 16.6 Å². The smallest absolute Gasteiger partial charge is 0.407 e. The number of aromatic amines is 1. The van der Waals surface area contributed by atoms with Crippen molar-refractivity contribution in [3.8, 4) is 0 Å². The van der Waals surface area contributed by atoms with Gasteiger partial charge in [-0.2, -0.15) is 0 Å². The fourth-order valence-corrected chi connectivity index (χ4v) is 5.40. The molecule has 7 N–H and O–H groups in total. The summed E-state index contributed by atoms with van der Waals surface area (Å²) in [6.45, 7) is 4.50. The van der Waals surface area contributed by atoms with Gasteiger partial charge in [-0.15, -0.1) is 0 Å². The highest BCUT2D eigenvalue weighted by Gasteiger charge is 2.55. The second-order valence-electron chi connectivity index (χ2n) is 12.2. The van der Waals surface area contributed by atoms with E-state index in [-0.39, 0.29) is 18.8 Å². The third-order valence-corrected chi connectivity index (χ3v) is 7.70. The van der Waals surface area contributed by atoms with E-state index < -0.39 is 96.1 Å². The number of nitrogens with zero attached hydrogens (tertiary/aromatic N) is 3. The van der Waals surface area contributed by atoms with Gasteiger partial charge in [-0.1, -0.05) is 0 Å². The van der Waals surface area contributed by atoms with Crippen LogP contribution in [-0.2, 0) is 28.5 Å². The maximum atomic E-state index is 13.8. The van der Waals surface area contributed by atoms with Crippen molar-refractivity contribution in [1.82, 2.24) is 24.7 Å². The summed E-state index contributed by atoms with van der Waals surface area (Å²) in [4.78, 5) is 66.1. The highest BCUT2D eigenvalue weighted by Crippen LogP contribution is 2.36. The van der Waals surface area contributed by atoms with Crippen molar-refractivity contribution in [2.24, 2.45) is 0 Å². The molecule has 19 heteroatoms. The van der Waals surface area contributed by atoms with Crippen molar-refractivity contribution in [3.63, 3.8) is 0 Å². The first-order chi connectivity index (χ1) is 21.4. The van der Waals surface area contributed by atoms with Crippen molar-refractivity contribution in [3.05, 3.63) is 44.9 Å². The summed E-state index contributed by atoms with van der Waals surface area (Å²) >= 11 is 0. The van der Waals surface area contributed by atoms with E-state index in [0.29, 0.717) is 0 Å². The molecule has 1 aromatic heterocycles. The van der Waals surface area contributed by atoms with E-state index in [0.717, 1.165) is 21.7 Å². The number of nitrogens with one attached hydrogen (secondary N) is 2. The zero-order valence-electron chi connectivity index (χ0n) is 25.7. The number of amides is 2. The van der Waals surface area contributed by atoms with E-state index >= 15 is 0 Å². The first-order valence-electron chi connectivity index (χ1n) is 14.3. The van der Waals surface area contributed by atoms with Crippen LogP contribution in [0.4, 0.5) is 4.79 Å². The molecule has 2 amide bonds. The number of carbonyl (C=O) groups is 3. The van der Waals surface area contributed by atoms with Crippen LogP contribution in [-0.4, -0.2) is 151 Å². The Kier molecular flexibility index (Phi) is 10.4. The highest BCUT2D eigenvalue weighted by atomic mass is 16.7. The number of hydrogen-bond donors (Lipinski definition) is 7. The van der Waals surface area contributed by atoms with Gasteiger partial charge in [-0.25, -0.2) is 14.4 Å². The fourth-order valence-electron chi connectivity index (χ4n) is 5.40. The van der Waals surface area contributed by atoms with Crippen molar-refractivity contribution < 1.29 is 58.9 Å². The van der Waals surface area contributed by atoms with Crippen LogP contribution in [0.2, 0.25) is 0 Å². The predicted octanol–water partition coefficient (Wildman–Crippen LogP) is -3.75. The van der Waals surface area contributed by atoms with Crippen molar-refractivity contribution in [2.45, 2.75) is 87.7 Å². The molecule has 0 radical (unpaired) electrons. The monoisotopic (exact) mass is 657 g/mol. The number of carboxylic acids is 1. The third-order valence-electron chi connectivity index (χ3n) is 7.70. The van der Waals surface area contributed by atoms with Gasteiger partial charge in [0, 0.05) is 32.4 Å². The second kappa shape index (κ2) is 13.6. The van der Waals surface area contributed by atoms with Gasteiger partial charge >= 0.3 is 17.8 Å².